The summed E-state index contributed by atoms with van der Waals surface area (Å²) in [6.45, 7) is 6.34. The average molecular weight is 383 g/mol. The van der Waals surface area contributed by atoms with Crippen molar-refractivity contribution in [3.05, 3.63) is 106 Å². The molecule has 1 heterocycles. The molecule has 3 nitrogen and oxygen atoms in total. The van der Waals surface area contributed by atoms with E-state index in [-0.39, 0.29) is 11.9 Å². The molecule has 0 saturated heterocycles. The summed E-state index contributed by atoms with van der Waals surface area (Å²) in [5, 5.41) is 1.04. The number of hydrogen-bond donors (Lipinski definition) is 1. The number of rotatable bonds is 5. The highest BCUT2D eigenvalue weighted by Crippen LogP contribution is 2.39. The van der Waals surface area contributed by atoms with E-state index in [0.29, 0.717) is 12.3 Å². The number of fused-ring (bicyclic) bond motifs is 1. The molecule has 0 atom stereocenters. The Morgan fingerprint density at radius 3 is 1.97 bits per heavy atom. The van der Waals surface area contributed by atoms with Crippen LogP contribution < -0.4 is 0 Å². The zero-order chi connectivity index (χ0) is 20.4. The van der Waals surface area contributed by atoms with Gasteiger partial charge in [0.2, 0.25) is 0 Å². The van der Waals surface area contributed by atoms with E-state index in [9.17, 15) is 4.79 Å². The van der Waals surface area contributed by atoms with Crippen molar-refractivity contribution in [3.63, 3.8) is 0 Å². The molecule has 0 aliphatic carbocycles. The van der Waals surface area contributed by atoms with Gasteiger partial charge in [0.1, 0.15) is 5.69 Å². The van der Waals surface area contributed by atoms with Crippen LogP contribution in [0.25, 0.3) is 10.9 Å². The number of H-pyrrole nitrogens is 1. The van der Waals surface area contributed by atoms with Gasteiger partial charge in [0.05, 0.1) is 6.61 Å². The zero-order valence-corrected chi connectivity index (χ0v) is 17.0. The van der Waals surface area contributed by atoms with Crippen LogP contribution in [0.1, 0.15) is 51.1 Å². The Kier molecular flexibility index (Phi) is 5.22. The van der Waals surface area contributed by atoms with E-state index in [4.69, 9.17) is 4.74 Å². The maximum absolute atomic E-state index is 12.9. The van der Waals surface area contributed by atoms with Crippen molar-refractivity contribution in [3.8, 4) is 0 Å². The van der Waals surface area contributed by atoms with E-state index in [0.717, 1.165) is 27.6 Å². The summed E-state index contributed by atoms with van der Waals surface area (Å²) in [4.78, 5) is 16.2. The van der Waals surface area contributed by atoms with Crippen LogP contribution in [0.3, 0.4) is 0 Å². The van der Waals surface area contributed by atoms with Crippen molar-refractivity contribution >= 4 is 16.9 Å². The summed E-state index contributed by atoms with van der Waals surface area (Å²) in [6.07, 6.45) is 0. The molecule has 0 unspecified atom stereocenters. The molecular formula is C26H25NO2. The normalized spacial score (nSPS) is 11.2. The largest absolute Gasteiger partial charge is 0.461 e. The Morgan fingerprint density at radius 1 is 0.862 bits per heavy atom. The molecule has 0 aliphatic rings. The molecule has 1 aromatic heterocycles. The summed E-state index contributed by atoms with van der Waals surface area (Å²) in [6, 6.07) is 25.1. The minimum Gasteiger partial charge on any atom is -0.461 e. The summed E-state index contributed by atoms with van der Waals surface area (Å²) in [5.74, 6) is -0.394. The lowest BCUT2D eigenvalue weighted by Crippen LogP contribution is -2.12. The van der Waals surface area contributed by atoms with Crippen LogP contribution in [0.5, 0.6) is 0 Å². The first-order chi connectivity index (χ1) is 14.1. The SMILES string of the molecule is CCOC(=O)c1[nH]c2ccccc2c1C(c1ccc(C)cc1)c1ccc(C)cc1. The first-order valence-corrected chi connectivity index (χ1v) is 9.99. The van der Waals surface area contributed by atoms with Gasteiger partial charge in [-0.2, -0.15) is 0 Å². The summed E-state index contributed by atoms with van der Waals surface area (Å²) >= 11 is 0. The van der Waals surface area contributed by atoms with Gasteiger partial charge in [-0.3, -0.25) is 0 Å². The van der Waals surface area contributed by atoms with Crippen molar-refractivity contribution in [1.29, 1.82) is 0 Å². The summed E-state index contributed by atoms with van der Waals surface area (Å²) in [5.41, 5.74) is 7.15. The van der Waals surface area contributed by atoms with E-state index < -0.39 is 0 Å². The molecule has 0 fully saturated rings. The Labute approximate surface area is 171 Å². The number of ether oxygens (including phenoxy) is 1. The molecule has 4 aromatic rings. The van der Waals surface area contributed by atoms with Crippen molar-refractivity contribution in [2.45, 2.75) is 26.7 Å². The monoisotopic (exact) mass is 383 g/mol. The molecule has 1 N–H and O–H groups in total. The van der Waals surface area contributed by atoms with Crippen molar-refractivity contribution < 1.29 is 9.53 Å². The zero-order valence-electron chi connectivity index (χ0n) is 17.0. The molecule has 29 heavy (non-hydrogen) atoms. The first-order valence-electron chi connectivity index (χ1n) is 9.99. The Balaban J connectivity index is 2.00. The minimum atomic E-state index is -0.317. The number of aromatic amines is 1. The molecular weight excluding hydrogens is 358 g/mol. The molecule has 0 saturated carbocycles. The molecule has 146 valence electrons. The van der Waals surface area contributed by atoms with E-state index in [1.165, 1.54) is 11.1 Å². The van der Waals surface area contributed by atoms with Gasteiger partial charge < -0.3 is 9.72 Å². The lowest BCUT2D eigenvalue weighted by Gasteiger charge is -2.20. The topological polar surface area (TPSA) is 42.1 Å². The van der Waals surface area contributed by atoms with Gasteiger partial charge >= 0.3 is 5.97 Å². The Hall–Kier alpha value is -3.33. The van der Waals surface area contributed by atoms with Crippen LogP contribution in [-0.4, -0.2) is 17.6 Å². The molecule has 0 spiro atoms. The molecule has 0 aliphatic heterocycles. The Bertz CT molecular complexity index is 1090. The summed E-state index contributed by atoms with van der Waals surface area (Å²) in [7, 11) is 0. The third-order valence-corrected chi connectivity index (χ3v) is 5.34. The predicted octanol–water partition coefficient (Wildman–Crippen LogP) is 6.14. The number of nitrogens with one attached hydrogen (secondary N) is 1. The van der Waals surface area contributed by atoms with E-state index >= 15 is 0 Å². The molecule has 3 heteroatoms. The van der Waals surface area contributed by atoms with Gasteiger partial charge in [0.25, 0.3) is 0 Å². The van der Waals surface area contributed by atoms with Gasteiger partial charge in [0, 0.05) is 22.4 Å². The number of para-hydroxylation sites is 1. The van der Waals surface area contributed by atoms with Crippen LogP contribution in [0.15, 0.2) is 72.8 Å². The van der Waals surface area contributed by atoms with Gasteiger partial charge in [-0.05, 0) is 38.0 Å². The fourth-order valence-electron chi connectivity index (χ4n) is 3.87. The molecule has 0 bridgehead atoms. The maximum Gasteiger partial charge on any atom is 0.355 e. The second-order valence-electron chi connectivity index (χ2n) is 7.43. The van der Waals surface area contributed by atoms with Crippen LogP contribution >= 0.6 is 0 Å². The number of carbonyl (C=O) groups excluding carboxylic acids is 1. The average Bonchev–Trinajstić information content (AvgIpc) is 3.11. The number of aromatic nitrogens is 1. The second kappa shape index (κ2) is 7.96. The Morgan fingerprint density at radius 2 is 1.41 bits per heavy atom. The number of carbonyl (C=O) groups is 1. The fourth-order valence-corrected chi connectivity index (χ4v) is 3.87. The van der Waals surface area contributed by atoms with E-state index in [1.807, 2.05) is 25.1 Å². The highest BCUT2D eigenvalue weighted by atomic mass is 16.5. The van der Waals surface area contributed by atoms with Crippen molar-refractivity contribution in [2.75, 3.05) is 6.61 Å². The molecule has 0 amide bonds. The third-order valence-electron chi connectivity index (χ3n) is 5.34. The van der Waals surface area contributed by atoms with Gasteiger partial charge in [-0.25, -0.2) is 4.79 Å². The van der Waals surface area contributed by atoms with Gasteiger partial charge in [-0.1, -0.05) is 77.9 Å². The van der Waals surface area contributed by atoms with Crippen LogP contribution in [0.4, 0.5) is 0 Å². The highest BCUT2D eigenvalue weighted by Gasteiger charge is 2.27. The molecule has 4 rings (SSSR count). The molecule has 0 radical (unpaired) electrons. The number of aryl methyl sites for hydroxylation is 2. The first kappa shape index (κ1) is 19.0. The second-order valence-corrected chi connectivity index (χ2v) is 7.43. The lowest BCUT2D eigenvalue weighted by molar-refractivity contribution is 0.0519. The highest BCUT2D eigenvalue weighted by molar-refractivity contribution is 5.99. The van der Waals surface area contributed by atoms with Crippen LogP contribution in [0.2, 0.25) is 0 Å². The van der Waals surface area contributed by atoms with Crippen LogP contribution in [0, 0.1) is 13.8 Å². The third kappa shape index (κ3) is 3.68. The lowest BCUT2D eigenvalue weighted by atomic mass is 9.83. The quantitative estimate of drug-likeness (QED) is 0.421. The summed E-state index contributed by atoms with van der Waals surface area (Å²) < 4.78 is 5.39. The number of hydrogen-bond acceptors (Lipinski definition) is 2. The smallest absolute Gasteiger partial charge is 0.355 e. The van der Waals surface area contributed by atoms with E-state index in [1.54, 1.807) is 0 Å². The fraction of sp³-hybridized carbons (Fsp3) is 0.192. The van der Waals surface area contributed by atoms with Crippen molar-refractivity contribution in [1.82, 2.24) is 4.98 Å². The number of esters is 1. The number of benzene rings is 3. The predicted molar refractivity (Wildman–Crippen MR) is 118 cm³/mol. The van der Waals surface area contributed by atoms with Crippen molar-refractivity contribution in [2.24, 2.45) is 0 Å². The molecule has 3 aromatic carbocycles. The van der Waals surface area contributed by atoms with E-state index in [2.05, 4.69) is 73.4 Å². The maximum atomic E-state index is 12.9. The van der Waals surface area contributed by atoms with Gasteiger partial charge in [0.15, 0.2) is 0 Å². The standard InChI is InChI=1S/C26H25NO2/c1-4-29-26(28)25-24(21-7-5-6-8-22(21)27-25)23(19-13-9-17(2)10-14-19)20-15-11-18(3)12-16-20/h5-16,23,27H,4H2,1-3H3. The van der Waals surface area contributed by atoms with Gasteiger partial charge in [-0.15, -0.1) is 0 Å². The minimum absolute atomic E-state index is 0.0771. The van der Waals surface area contributed by atoms with Crippen LogP contribution in [-0.2, 0) is 4.74 Å².